The first-order valence-electron chi connectivity index (χ1n) is 20.4. The Morgan fingerprint density at radius 2 is 1.58 bits per heavy atom. The number of aromatic nitrogens is 1. The van der Waals surface area contributed by atoms with Crippen molar-refractivity contribution in [2.24, 2.45) is 40.5 Å². The molecule has 3 heterocycles. The van der Waals surface area contributed by atoms with Crippen LogP contribution in [0.15, 0.2) is 179 Å². The van der Waals surface area contributed by atoms with E-state index >= 15 is 0 Å². The van der Waals surface area contributed by atoms with E-state index in [0.29, 0.717) is 29.6 Å². The maximum absolute atomic E-state index is 5.56. The lowest BCUT2D eigenvalue weighted by atomic mass is 9.71. The van der Waals surface area contributed by atoms with Gasteiger partial charge in [0.05, 0.1) is 11.7 Å². The fraction of sp³-hybridized carbons (Fsp3) is 0.255. The number of benzene rings is 2. The molecule has 2 aromatic carbocycles. The van der Waals surface area contributed by atoms with E-state index in [-0.39, 0.29) is 12.0 Å². The van der Waals surface area contributed by atoms with Gasteiger partial charge in [0, 0.05) is 62.1 Å². The molecule has 0 radical (unpaired) electrons. The van der Waals surface area contributed by atoms with Crippen molar-refractivity contribution in [2.45, 2.75) is 44.6 Å². The summed E-state index contributed by atoms with van der Waals surface area (Å²) in [5.74, 6) is 3.39. The van der Waals surface area contributed by atoms with Gasteiger partial charge in [0.2, 0.25) is 0 Å². The van der Waals surface area contributed by atoms with Gasteiger partial charge < -0.3 is 5.32 Å². The molecule has 0 fully saturated rings. The summed E-state index contributed by atoms with van der Waals surface area (Å²) in [4.78, 5) is 12.1. The summed E-state index contributed by atoms with van der Waals surface area (Å²) >= 11 is 1.79. The van der Waals surface area contributed by atoms with Gasteiger partial charge in [0.25, 0.3) is 0 Å². The molecule has 11 rings (SSSR count). The van der Waals surface area contributed by atoms with Crippen molar-refractivity contribution in [1.82, 2.24) is 10.3 Å². The number of rotatable bonds is 5. The van der Waals surface area contributed by atoms with Gasteiger partial charge in [-0.3, -0.25) is 4.99 Å². The summed E-state index contributed by atoms with van der Waals surface area (Å²) in [5.41, 5.74) is 8.09. The average molecular weight is 732 g/mol. The van der Waals surface area contributed by atoms with E-state index in [1.54, 1.807) is 11.3 Å². The number of fused-ring (bicyclic) bond motifs is 7. The van der Waals surface area contributed by atoms with Crippen molar-refractivity contribution < 1.29 is 0 Å². The van der Waals surface area contributed by atoms with E-state index < -0.39 is 0 Å². The lowest BCUT2D eigenvalue weighted by molar-refractivity contribution is 0.447. The molecule has 7 unspecified atom stereocenters. The number of nitrogens with one attached hydrogen (secondary N) is 1. The molecule has 4 heteroatoms. The number of hydrogen-bond donors (Lipinski definition) is 1. The zero-order chi connectivity index (χ0) is 36.3. The smallest absolute Gasteiger partial charge is 0.125 e. The van der Waals surface area contributed by atoms with Crippen LogP contribution in [0, 0.1) is 35.5 Å². The van der Waals surface area contributed by atoms with Crippen LogP contribution in [-0.4, -0.2) is 16.9 Å². The minimum absolute atomic E-state index is 0.115. The van der Waals surface area contributed by atoms with Crippen molar-refractivity contribution in [1.29, 1.82) is 0 Å². The number of thiophene rings is 1. The topological polar surface area (TPSA) is 37.3 Å². The minimum atomic E-state index is 0.115. The summed E-state index contributed by atoms with van der Waals surface area (Å²) < 4.78 is 1.29. The Balaban J connectivity index is 0.897. The second kappa shape index (κ2) is 13.8. The van der Waals surface area contributed by atoms with Crippen molar-refractivity contribution in [3.63, 3.8) is 0 Å². The van der Waals surface area contributed by atoms with Gasteiger partial charge in [0.15, 0.2) is 0 Å². The highest BCUT2D eigenvalue weighted by Gasteiger charge is 2.33. The molecule has 0 saturated heterocycles. The van der Waals surface area contributed by atoms with E-state index in [2.05, 4.69) is 157 Å². The Bertz CT molecular complexity index is 2620. The van der Waals surface area contributed by atoms with Crippen LogP contribution in [0.5, 0.6) is 0 Å². The molecule has 7 atom stereocenters. The number of pyridine rings is 1. The molecule has 6 aliphatic carbocycles. The second-order valence-electron chi connectivity index (χ2n) is 16.2. The summed E-state index contributed by atoms with van der Waals surface area (Å²) in [6.45, 7) is 0. The fourth-order valence-electron chi connectivity index (χ4n) is 10.0. The number of aliphatic imine (C=N–C) groups is 1. The van der Waals surface area contributed by atoms with Crippen molar-refractivity contribution >= 4 is 53.8 Å². The average Bonchev–Trinajstić information content (AvgIpc) is 3.65. The number of allylic oxidation sites excluding steroid dienone is 18. The summed E-state index contributed by atoms with van der Waals surface area (Å²) in [6, 6.07) is 17.6. The molecule has 0 saturated carbocycles. The van der Waals surface area contributed by atoms with E-state index in [0.717, 1.165) is 42.0 Å². The SMILES string of the molecule is C1=CCC(C2=CC(C3C=CC(C4=CC5C=CC6=C(C=CCC6)C5C=C4)CC3)N=C(C3C=C(c4nc5sc6ccccc6c5c5ccccc45)C=CC3)N2)C=C1. The van der Waals surface area contributed by atoms with Crippen LogP contribution in [0.25, 0.3) is 36.6 Å². The zero-order valence-corrected chi connectivity index (χ0v) is 31.8. The van der Waals surface area contributed by atoms with Gasteiger partial charge in [-0.15, -0.1) is 11.3 Å². The zero-order valence-electron chi connectivity index (χ0n) is 31.0. The molecule has 0 bridgehead atoms. The van der Waals surface area contributed by atoms with Crippen LogP contribution in [0.2, 0.25) is 0 Å². The van der Waals surface area contributed by atoms with Gasteiger partial charge in [-0.1, -0.05) is 140 Å². The Kier molecular flexibility index (Phi) is 8.27. The highest BCUT2D eigenvalue weighted by atomic mass is 32.1. The number of nitrogens with zero attached hydrogens (tertiary/aromatic N) is 2. The lowest BCUT2D eigenvalue weighted by Crippen LogP contribution is -2.39. The molecular formula is C51H45N3S. The van der Waals surface area contributed by atoms with Gasteiger partial charge in [-0.2, -0.15) is 0 Å². The van der Waals surface area contributed by atoms with E-state index in [4.69, 9.17) is 9.98 Å². The van der Waals surface area contributed by atoms with Crippen molar-refractivity contribution in [3.05, 3.63) is 180 Å². The van der Waals surface area contributed by atoms with Crippen molar-refractivity contribution in [3.8, 4) is 0 Å². The molecule has 1 aliphatic heterocycles. The maximum atomic E-state index is 5.56. The van der Waals surface area contributed by atoms with Crippen LogP contribution in [-0.2, 0) is 0 Å². The number of amidine groups is 1. The van der Waals surface area contributed by atoms with Crippen LogP contribution in [0.3, 0.4) is 0 Å². The van der Waals surface area contributed by atoms with Crippen LogP contribution in [0.1, 0.15) is 44.2 Å². The monoisotopic (exact) mass is 731 g/mol. The largest absolute Gasteiger partial charge is 0.347 e. The van der Waals surface area contributed by atoms with Crippen LogP contribution in [0.4, 0.5) is 0 Å². The third-order valence-corrected chi connectivity index (χ3v) is 14.0. The fourth-order valence-corrected chi connectivity index (χ4v) is 11.1. The third kappa shape index (κ3) is 5.94. The minimum Gasteiger partial charge on any atom is -0.347 e. The van der Waals surface area contributed by atoms with Gasteiger partial charge in [-0.25, -0.2) is 4.98 Å². The summed E-state index contributed by atoms with van der Waals surface area (Å²) in [5, 5.41) is 8.94. The van der Waals surface area contributed by atoms with E-state index in [9.17, 15) is 0 Å². The first kappa shape index (κ1) is 33.1. The van der Waals surface area contributed by atoms with Crippen LogP contribution >= 0.6 is 11.3 Å². The Morgan fingerprint density at radius 3 is 2.47 bits per heavy atom. The molecule has 4 aromatic rings. The predicted octanol–water partition coefficient (Wildman–Crippen LogP) is 12.5. The first-order chi connectivity index (χ1) is 27.2. The lowest BCUT2D eigenvalue weighted by Gasteiger charge is -2.35. The molecule has 7 aliphatic rings. The van der Waals surface area contributed by atoms with Crippen LogP contribution < -0.4 is 5.32 Å². The second-order valence-corrected chi connectivity index (χ2v) is 17.2. The van der Waals surface area contributed by atoms with Gasteiger partial charge in [0.1, 0.15) is 10.7 Å². The normalized spacial score (nSPS) is 29.6. The molecule has 0 spiro atoms. The molecule has 3 nitrogen and oxygen atoms in total. The molecule has 270 valence electrons. The standard InChI is InChI=1S/C51H45N3S/c1-2-12-34(13-3-1)45-31-46(35-24-21-32(22-25-35)36-27-28-41-37(29-36)26-23-33-11-4-5-16-40(33)41)53-50(52-45)39-15-10-14-38(30-39)49-43-18-7-6-17-42(43)48-44-19-8-9-20-47(44)55-51(48)54-49/h1-3,5-10,12,14,16-21,23-24,26-32,34-35,37,39,41,46H,4,11,13,15,22,25H2,(H,52,53). The Morgan fingerprint density at radius 1 is 0.691 bits per heavy atom. The molecule has 55 heavy (non-hydrogen) atoms. The van der Waals surface area contributed by atoms with E-state index in [1.165, 1.54) is 67.1 Å². The summed E-state index contributed by atoms with van der Waals surface area (Å²) in [7, 11) is 0. The Labute approximate surface area is 327 Å². The van der Waals surface area contributed by atoms with Crippen molar-refractivity contribution in [2.75, 3.05) is 0 Å². The van der Waals surface area contributed by atoms with Gasteiger partial charge in [-0.05, 0) is 78.3 Å². The Hall–Kier alpha value is -5.32. The number of hydrogen-bond acceptors (Lipinski definition) is 4. The first-order valence-corrected chi connectivity index (χ1v) is 21.2. The third-order valence-electron chi connectivity index (χ3n) is 12.9. The highest BCUT2D eigenvalue weighted by Crippen LogP contribution is 2.44. The summed E-state index contributed by atoms with van der Waals surface area (Å²) in [6.07, 6.45) is 47.1. The van der Waals surface area contributed by atoms with Gasteiger partial charge >= 0.3 is 0 Å². The molecule has 2 aromatic heterocycles. The predicted molar refractivity (Wildman–Crippen MR) is 233 cm³/mol. The molecule has 0 amide bonds. The quantitative estimate of drug-likeness (QED) is 0.208. The molecule has 1 N–H and O–H groups in total. The van der Waals surface area contributed by atoms with E-state index in [1.807, 2.05) is 0 Å². The highest BCUT2D eigenvalue weighted by molar-refractivity contribution is 7.25. The molecular weight excluding hydrogens is 687 g/mol. The maximum Gasteiger partial charge on any atom is 0.125 e.